The minimum Gasteiger partial charge on any atom is -0.464 e. The van der Waals surface area contributed by atoms with Crippen LogP contribution in [0.2, 0.25) is 0 Å². The zero-order valence-corrected chi connectivity index (χ0v) is 11.0. The maximum absolute atomic E-state index is 5.53. The Morgan fingerprint density at radius 2 is 1.79 bits per heavy atom. The molecule has 0 fully saturated rings. The van der Waals surface area contributed by atoms with Crippen LogP contribution in [-0.4, -0.2) is 0 Å². The zero-order chi connectivity index (χ0) is 13.1. The van der Waals surface area contributed by atoms with Crippen LogP contribution in [0.4, 0.5) is 5.69 Å². The van der Waals surface area contributed by atoms with Gasteiger partial charge in [-0.25, -0.2) is 0 Å². The molecule has 0 atom stereocenters. The number of anilines is 1. The molecule has 3 aromatic rings. The van der Waals surface area contributed by atoms with E-state index in [9.17, 15) is 0 Å². The van der Waals surface area contributed by atoms with E-state index in [2.05, 4.69) is 42.6 Å². The third-order valence-corrected chi connectivity index (χ3v) is 3.41. The van der Waals surface area contributed by atoms with E-state index in [-0.39, 0.29) is 0 Å². The minimum absolute atomic E-state index is 0.780. The fourth-order valence-corrected chi connectivity index (χ4v) is 2.23. The van der Waals surface area contributed by atoms with Crippen molar-refractivity contribution in [2.24, 2.45) is 0 Å². The second-order valence-electron chi connectivity index (χ2n) is 4.66. The molecule has 2 aromatic carbocycles. The summed E-state index contributed by atoms with van der Waals surface area (Å²) in [6, 6.07) is 16.7. The number of aryl methyl sites for hydroxylation is 1. The van der Waals surface area contributed by atoms with Gasteiger partial charge in [0.15, 0.2) is 0 Å². The van der Waals surface area contributed by atoms with Crippen molar-refractivity contribution in [1.29, 1.82) is 0 Å². The van der Waals surface area contributed by atoms with Crippen LogP contribution in [0.15, 0.2) is 59.2 Å². The number of nitrogens with one attached hydrogen (secondary N) is 1. The van der Waals surface area contributed by atoms with Crippen LogP contribution in [0, 0.1) is 0 Å². The van der Waals surface area contributed by atoms with E-state index in [1.807, 2.05) is 24.5 Å². The summed E-state index contributed by atoms with van der Waals surface area (Å²) in [7, 11) is 0. The summed E-state index contributed by atoms with van der Waals surface area (Å²) in [5, 5.41) is 4.61. The molecule has 96 valence electrons. The number of benzene rings is 2. The van der Waals surface area contributed by atoms with Gasteiger partial charge in [-0.05, 0) is 30.2 Å². The van der Waals surface area contributed by atoms with Crippen molar-refractivity contribution in [1.82, 2.24) is 0 Å². The molecular formula is C17H17NO. The van der Waals surface area contributed by atoms with Gasteiger partial charge in [0.25, 0.3) is 0 Å². The van der Waals surface area contributed by atoms with Gasteiger partial charge >= 0.3 is 0 Å². The van der Waals surface area contributed by atoms with E-state index >= 15 is 0 Å². The number of hydrogen-bond acceptors (Lipinski definition) is 2. The molecule has 0 bridgehead atoms. The maximum Gasteiger partial charge on any atom is 0.134 e. The van der Waals surface area contributed by atoms with E-state index < -0.39 is 0 Å². The number of hydrogen-bond donors (Lipinski definition) is 1. The highest BCUT2D eigenvalue weighted by atomic mass is 16.3. The summed E-state index contributed by atoms with van der Waals surface area (Å²) in [5.74, 6) is 0. The largest absolute Gasteiger partial charge is 0.464 e. The van der Waals surface area contributed by atoms with Gasteiger partial charge < -0.3 is 9.73 Å². The summed E-state index contributed by atoms with van der Waals surface area (Å²) in [4.78, 5) is 0. The Bertz CT molecular complexity index is 667. The summed E-state index contributed by atoms with van der Waals surface area (Å²) in [6.07, 6.45) is 2.91. The molecule has 1 heterocycles. The average molecular weight is 251 g/mol. The number of fused-ring (bicyclic) bond motifs is 1. The number of rotatable bonds is 4. The van der Waals surface area contributed by atoms with Crippen molar-refractivity contribution in [2.45, 2.75) is 19.9 Å². The lowest BCUT2D eigenvalue weighted by atomic mass is 10.1. The standard InChI is InChI=1S/C17H17NO/c1-2-13-7-9-15(10-8-13)18-11-14-12-19-17-6-4-3-5-16(14)17/h3-10,12,18H,2,11H2,1H3. The SMILES string of the molecule is CCc1ccc(NCc2coc3ccccc23)cc1. The van der Waals surface area contributed by atoms with Crippen LogP contribution in [0.25, 0.3) is 11.0 Å². The van der Waals surface area contributed by atoms with Crippen LogP contribution in [0.5, 0.6) is 0 Å². The smallest absolute Gasteiger partial charge is 0.134 e. The van der Waals surface area contributed by atoms with Crippen molar-refractivity contribution in [3.8, 4) is 0 Å². The third-order valence-electron chi connectivity index (χ3n) is 3.41. The van der Waals surface area contributed by atoms with E-state index in [0.717, 1.165) is 24.2 Å². The van der Waals surface area contributed by atoms with Crippen molar-refractivity contribution in [2.75, 3.05) is 5.32 Å². The molecule has 0 aliphatic carbocycles. The Balaban J connectivity index is 1.74. The predicted octanol–water partition coefficient (Wildman–Crippen LogP) is 4.61. The quantitative estimate of drug-likeness (QED) is 0.732. The van der Waals surface area contributed by atoms with Crippen molar-refractivity contribution in [3.63, 3.8) is 0 Å². The molecule has 3 rings (SSSR count). The molecule has 0 aliphatic rings. The molecule has 0 amide bonds. The van der Waals surface area contributed by atoms with Gasteiger partial charge in [0.2, 0.25) is 0 Å². The lowest BCUT2D eigenvalue weighted by Gasteiger charge is -2.06. The molecule has 0 saturated heterocycles. The first-order valence-corrected chi connectivity index (χ1v) is 6.64. The average Bonchev–Trinajstić information content (AvgIpc) is 2.89. The van der Waals surface area contributed by atoms with Gasteiger partial charge in [-0.2, -0.15) is 0 Å². The maximum atomic E-state index is 5.53. The molecule has 0 spiro atoms. The molecular weight excluding hydrogens is 234 g/mol. The Hall–Kier alpha value is -2.22. The Morgan fingerprint density at radius 3 is 2.58 bits per heavy atom. The fraction of sp³-hybridized carbons (Fsp3) is 0.176. The molecule has 2 heteroatoms. The third kappa shape index (κ3) is 2.48. The highest BCUT2D eigenvalue weighted by molar-refractivity contribution is 5.81. The van der Waals surface area contributed by atoms with Crippen LogP contribution in [0.1, 0.15) is 18.1 Å². The molecule has 0 unspecified atom stereocenters. The first kappa shape index (κ1) is 11.8. The molecule has 2 nitrogen and oxygen atoms in total. The van der Waals surface area contributed by atoms with Gasteiger partial charge in [-0.3, -0.25) is 0 Å². The van der Waals surface area contributed by atoms with Crippen molar-refractivity contribution < 1.29 is 4.42 Å². The minimum atomic E-state index is 0.780. The molecule has 0 saturated carbocycles. The van der Waals surface area contributed by atoms with Crippen LogP contribution >= 0.6 is 0 Å². The fourth-order valence-electron chi connectivity index (χ4n) is 2.23. The first-order valence-electron chi connectivity index (χ1n) is 6.64. The lowest BCUT2D eigenvalue weighted by molar-refractivity contribution is 0.611. The molecule has 19 heavy (non-hydrogen) atoms. The Kier molecular flexibility index (Phi) is 3.23. The van der Waals surface area contributed by atoms with Gasteiger partial charge in [0, 0.05) is 23.2 Å². The summed E-state index contributed by atoms with van der Waals surface area (Å²) < 4.78 is 5.53. The van der Waals surface area contributed by atoms with E-state index in [0.29, 0.717) is 0 Å². The van der Waals surface area contributed by atoms with Gasteiger partial charge in [-0.1, -0.05) is 37.3 Å². The molecule has 1 N–H and O–H groups in total. The summed E-state index contributed by atoms with van der Waals surface area (Å²) in [5.41, 5.74) is 4.64. The first-order chi connectivity index (χ1) is 9.36. The highest BCUT2D eigenvalue weighted by Crippen LogP contribution is 2.21. The normalized spacial score (nSPS) is 10.8. The van der Waals surface area contributed by atoms with Gasteiger partial charge in [-0.15, -0.1) is 0 Å². The van der Waals surface area contributed by atoms with E-state index in [4.69, 9.17) is 4.42 Å². The van der Waals surface area contributed by atoms with Crippen LogP contribution < -0.4 is 5.32 Å². The topological polar surface area (TPSA) is 25.2 Å². The van der Waals surface area contributed by atoms with E-state index in [1.165, 1.54) is 16.5 Å². The van der Waals surface area contributed by atoms with Crippen molar-refractivity contribution in [3.05, 3.63) is 65.9 Å². The monoisotopic (exact) mass is 251 g/mol. The zero-order valence-electron chi connectivity index (χ0n) is 11.0. The van der Waals surface area contributed by atoms with Crippen molar-refractivity contribution >= 4 is 16.7 Å². The summed E-state index contributed by atoms with van der Waals surface area (Å²) in [6.45, 7) is 2.95. The van der Waals surface area contributed by atoms with E-state index in [1.54, 1.807) is 0 Å². The van der Waals surface area contributed by atoms with Gasteiger partial charge in [0.05, 0.1) is 6.26 Å². The Labute approximate surface area is 113 Å². The second-order valence-corrected chi connectivity index (χ2v) is 4.66. The van der Waals surface area contributed by atoms with Crippen LogP contribution in [0.3, 0.4) is 0 Å². The molecule has 0 aliphatic heterocycles. The van der Waals surface area contributed by atoms with Gasteiger partial charge in [0.1, 0.15) is 5.58 Å². The Morgan fingerprint density at radius 1 is 1.00 bits per heavy atom. The lowest BCUT2D eigenvalue weighted by Crippen LogP contribution is -1.98. The summed E-state index contributed by atoms with van der Waals surface area (Å²) >= 11 is 0. The molecule has 1 aromatic heterocycles. The number of para-hydroxylation sites is 1. The molecule has 0 radical (unpaired) electrons. The van der Waals surface area contributed by atoms with Crippen LogP contribution in [-0.2, 0) is 13.0 Å². The second kappa shape index (κ2) is 5.19. The number of furan rings is 1. The highest BCUT2D eigenvalue weighted by Gasteiger charge is 2.04. The predicted molar refractivity (Wildman–Crippen MR) is 79.4 cm³/mol.